The summed E-state index contributed by atoms with van der Waals surface area (Å²) >= 11 is 0. The van der Waals surface area contributed by atoms with Gasteiger partial charge in [-0.1, -0.05) is 39.8 Å². The third-order valence-corrected chi connectivity index (χ3v) is 4.82. The summed E-state index contributed by atoms with van der Waals surface area (Å²) in [6, 6.07) is 7.99. The van der Waals surface area contributed by atoms with Crippen molar-refractivity contribution in [3.8, 4) is 5.75 Å². The lowest BCUT2D eigenvalue weighted by molar-refractivity contribution is 0.317. The summed E-state index contributed by atoms with van der Waals surface area (Å²) in [6.45, 7) is 8.60. The molecule has 0 aliphatic carbocycles. The summed E-state index contributed by atoms with van der Waals surface area (Å²) in [6.07, 6.45) is 0.539. The first-order chi connectivity index (χ1) is 8.74. The summed E-state index contributed by atoms with van der Waals surface area (Å²) < 4.78 is 28.2. The van der Waals surface area contributed by atoms with Crippen LogP contribution in [0.15, 0.2) is 24.3 Å². The fraction of sp³-hybridized carbons (Fsp3) is 0.600. The Hall–Kier alpha value is -1.03. The molecule has 19 heavy (non-hydrogen) atoms. The van der Waals surface area contributed by atoms with Gasteiger partial charge in [0.2, 0.25) is 0 Å². The molecule has 0 fully saturated rings. The number of hydrogen-bond acceptors (Lipinski definition) is 3. The molecule has 0 saturated carbocycles. The van der Waals surface area contributed by atoms with Gasteiger partial charge >= 0.3 is 0 Å². The molecule has 0 bridgehead atoms. The van der Waals surface area contributed by atoms with Crippen LogP contribution in [0.1, 0.15) is 39.7 Å². The minimum atomic E-state index is -2.88. The van der Waals surface area contributed by atoms with Gasteiger partial charge in [-0.3, -0.25) is 0 Å². The van der Waals surface area contributed by atoms with Gasteiger partial charge in [0.05, 0.1) is 12.4 Å². The maximum atomic E-state index is 11.3. The highest BCUT2D eigenvalue weighted by atomic mass is 32.2. The van der Waals surface area contributed by atoms with Crippen molar-refractivity contribution in [2.24, 2.45) is 0 Å². The summed E-state index contributed by atoms with van der Waals surface area (Å²) in [5, 5.41) is 0. The monoisotopic (exact) mass is 284 g/mol. The van der Waals surface area contributed by atoms with E-state index in [0.29, 0.717) is 13.0 Å². The topological polar surface area (TPSA) is 43.4 Å². The zero-order valence-corrected chi connectivity index (χ0v) is 13.1. The molecule has 108 valence electrons. The van der Waals surface area contributed by atoms with E-state index < -0.39 is 9.84 Å². The molecule has 0 spiro atoms. The highest BCUT2D eigenvalue weighted by Crippen LogP contribution is 2.24. The van der Waals surface area contributed by atoms with Crippen LogP contribution in [0.2, 0.25) is 0 Å². The van der Waals surface area contributed by atoms with E-state index in [1.54, 1.807) is 6.92 Å². The molecule has 0 atom stereocenters. The fourth-order valence-electron chi connectivity index (χ4n) is 1.66. The fourth-order valence-corrected chi connectivity index (χ4v) is 2.51. The van der Waals surface area contributed by atoms with Gasteiger partial charge in [0.1, 0.15) is 15.6 Å². The normalized spacial score (nSPS) is 12.4. The molecule has 0 N–H and O–H groups in total. The van der Waals surface area contributed by atoms with Crippen molar-refractivity contribution in [2.45, 2.75) is 39.5 Å². The third kappa shape index (κ3) is 5.64. The van der Waals surface area contributed by atoms with E-state index >= 15 is 0 Å². The predicted molar refractivity (Wildman–Crippen MR) is 79.6 cm³/mol. The van der Waals surface area contributed by atoms with E-state index in [1.165, 1.54) is 5.56 Å². The predicted octanol–water partition coefficient (Wildman–Crippen LogP) is 3.19. The maximum absolute atomic E-state index is 11.3. The smallest absolute Gasteiger partial charge is 0.150 e. The average molecular weight is 284 g/mol. The summed E-state index contributed by atoms with van der Waals surface area (Å²) in [4.78, 5) is 0. The zero-order valence-electron chi connectivity index (χ0n) is 12.3. The first-order valence-corrected chi connectivity index (χ1v) is 8.50. The third-order valence-electron chi connectivity index (χ3n) is 3.03. The van der Waals surface area contributed by atoms with Gasteiger partial charge in [-0.25, -0.2) is 8.42 Å². The summed E-state index contributed by atoms with van der Waals surface area (Å²) in [7, 11) is -2.88. The van der Waals surface area contributed by atoms with Gasteiger partial charge in [0.25, 0.3) is 0 Å². The first kappa shape index (κ1) is 16.0. The van der Waals surface area contributed by atoms with E-state index in [-0.39, 0.29) is 16.9 Å². The molecule has 1 aromatic carbocycles. The SMILES string of the molecule is CCS(=O)(=O)CCCOc1ccc(C(C)(C)C)cc1. The Kier molecular flexibility index (Phi) is 5.41. The van der Waals surface area contributed by atoms with Crippen LogP contribution >= 0.6 is 0 Å². The molecule has 1 aromatic rings. The highest BCUT2D eigenvalue weighted by molar-refractivity contribution is 7.91. The quantitative estimate of drug-likeness (QED) is 0.754. The lowest BCUT2D eigenvalue weighted by atomic mass is 9.87. The van der Waals surface area contributed by atoms with Crippen molar-refractivity contribution >= 4 is 9.84 Å². The molecule has 1 rings (SSSR count). The minimum absolute atomic E-state index is 0.133. The molecular weight excluding hydrogens is 260 g/mol. The van der Waals surface area contributed by atoms with Crippen molar-refractivity contribution in [1.82, 2.24) is 0 Å². The summed E-state index contributed by atoms with van der Waals surface area (Å²) in [5.74, 6) is 1.19. The van der Waals surface area contributed by atoms with E-state index in [4.69, 9.17) is 4.74 Å². The molecule has 0 heterocycles. The van der Waals surface area contributed by atoms with E-state index in [1.807, 2.05) is 12.1 Å². The van der Waals surface area contributed by atoms with Crippen LogP contribution in [0, 0.1) is 0 Å². The second kappa shape index (κ2) is 6.42. The maximum Gasteiger partial charge on any atom is 0.150 e. The number of benzene rings is 1. The number of rotatable bonds is 6. The number of sulfone groups is 1. The van der Waals surface area contributed by atoms with Gasteiger partial charge in [0.15, 0.2) is 0 Å². The zero-order chi connectivity index (χ0) is 14.5. The molecular formula is C15H24O3S. The van der Waals surface area contributed by atoms with Crippen molar-refractivity contribution in [3.63, 3.8) is 0 Å². The van der Waals surface area contributed by atoms with Crippen molar-refractivity contribution in [2.75, 3.05) is 18.1 Å². The molecule has 0 radical (unpaired) electrons. The number of hydrogen-bond donors (Lipinski definition) is 0. The molecule has 0 unspecified atom stereocenters. The molecule has 0 amide bonds. The molecule has 0 aliphatic heterocycles. The highest BCUT2D eigenvalue weighted by Gasteiger charge is 2.13. The standard InChI is InChI=1S/C15H24O3S/c1-5-19(16,17)12-6-11-18-14-9-7-13(8-10-14)15(2,3)4/h7-10H,5-6,11-12H2,1-4H3. The minimum Gasteiger partial charge on any atom is -0.494 e. The van der Waals surface area contributed by atoms with Crippen LogP contribution in [0.3, 0.4) is 0 Å². The lowest BCUT2D eigenvalue weighted by Gasteiger charge is -2.19. The van der Waals surface area contributed by atoms with Gasteiger partial charge in [0, 0.05) is 5.75 Å². The molecule has 3 nitrogen and oxygen atoms in total. The second-order valence-corrected chi connectivity index (χ2v) is 8.19. The average Bonchev–Trinajstić information content (AvgIpc) is 2.34. The van der Waals surface area contributed by atoms with E-state index in [2.05, 4.69) is 32.9 Å². The lowest BCUT2D eigenvalue weighted by Crippen LogP contribution is -2.12. The molecule has 4 heteroatoms. The van der Waals surface area contributed by atoms with Crippen molar-refractivity contribution in [3.05, 3.63) is 29.8 Å². The van der Waals surface area contributed by atoms with Crippen molar-refractivity contribution in [1.29, 1.82) is 0 Å². The molecule has 0 aromatic heterocycles. The van der Waals surface area contributed by atoms with Gasteiger partial charge in [-0.15, -0.1) is 0 Å². The van der Waals surface area contributed by atoms with Crippen LogP contribution in [0.4, 0.5) is 0 Å². The van der Waals surface area contributed by atoms with Crippen LogP contribution in [0.25, 0.3) is 0 Å². The Balaban J connectivity index is 2.43. The first-order valence-electron chi connectivity index (χ1n) is 6.68. The van der Waals surface area contributed by atoms with E-state index in [9.17, 15) is 8.42 Å². The Bertz CT molecular complexity index is 481. The number of ether oxygens (including phenoxy) is 1. The Morgan fingerprint density at radius 2 is 1.68 bits per heavy atom. The van der Waals surface area contributed by atoms with Crippen LogP contribution in [-0.2, 0) is 15.3 Å². The van der Waals surface area contributed by atoms with E-state index in [0.717, 1.165) is 5.75 Å². The van der Waals surface area contributed by atoms with Gasteiger partial charge in [-0.05, 0) is 29.5 Å². The Morgan fingerprint density at radius 3 is 2.16 bits per heavy atom. The second-order valence-electron chi connectivity index (χ2n) is 5.71. The largest absolute Gasteiger partial charge is 0.494 e. The Labute approximate surface area is 116 Å². The van der Waals surface area contributed by atoms with Crippen LogP contribution in [-0.4, -0.2) is 26.5 Å². The van der Waals surface area contributed by atoms with Crippen LogP contribution < -0.4 is 4.74 Å². The van der Waals surface area contributed by atoms with Gasteiger partial charge < -0.3 is 4.74 Å². The van der Waals surface area contributed by atoms with Gasteiger partial charge in [-0.2, -0.15) is 0 Å². The molecule has 0 aliphatic rings. The van der Waals surface area contributed by atoms with Crippen LogP contribution in [0.5, 0.6) is 5.75 Å². The van der Waals surface area contributed by atoms with Crippen molar-refractivity contribution < 1.29 is 13.2 Å². The molecule has 0 saturated heterocycles. The Morgan fingerprint density at radius 1 is 1.11 bits per heavy atom. The summed E-state index contributed by atoms with van der Waals surface area (Å²) in [5.41, 5.74) is 1.39.